The molecule has 2 aromatic rings. The van der Waals surface area contributed by atoms with Crippen LogP contribution in [0.25, 0.3) is 0 Å². The highest BCUT2D eigenvalue weighted by atomic mass is 32.2. The Morgan fingerprint density at radius 1 is 1.12 bits per heavy atom. The van der Waals surface area contributed by atoms with Crippen LogP contribution in [0.5, 0.6) is 5.75 Å². The highest BCUT2D eigenvalue weighted by molar-refractivity contribution is 7.89. The molecule has 1 aliphatic heterocycles. The van der Waals surface area contributed by atoms with Crippen LogP contribution in [-0.4, -0.2) is 46.5 Å². The Labute approximate surface area is 188 Å². The van der Waals surface area contributed by atoms with E-state index < -0.39 is 15.9 Å². The van der Waals surface area contributed by atoms with Crippen LogP contribution in [0, 0.1) is 0 Å². The molecule has 32 heavy (non-hydrogen) atoms. The van der Waals surface area contributed by atoms with Gasteiger partial charge < -0.3 is 9.64 Å². The zero-order valence-corrected chi connectivity index (χ0v) is 19.2. The number of aryl methyl sites for hydroxylation is 1. The molecule has 0 unspecified atom stereocenters. The maximum Gasteiger partial charge on any atom is 0.269 e. The van der Waals surface area contributed by atoms with E-state index in [4.69, 9.17) is 4.74 Å². The number of rotatable bonds is 7. The number of sulfonamides is 1. The second-order valence-corrected chi connectivity index (χ2v) is 9.48. The van der Waals surface area contributed by atoms with Gasteiger partial charge >= 0.3 is 0 Å². The van der Waals surface area contributed by atoms with E-state index in [-0.39, 0.29) is 34.7 Å². The van der Waals surface area contributed by atoms with Gasteiger partial charge in [-0.25, -0.2) is 13.1 Å². The summed E-state index contributed by atoms with van der Waals surface area (Å²) in [6.07, 6.45) is 1.92. The number of carbonyl (C=O) groups excluding carboxylic acids is 2. The molecule has 1 aliphatic rings. The van der Waals surface area contributed by atoms with Crippen molar-refractivity contribution >= 4 is 27.5 Å². The Balaban J connectivity index is 1.66. The van der Waals surface area contributed by atoms with Crippen molar-refractivity contribution in [1.29, 1.82) is 0 Å². The van der Waals surface area contributed by atoms with Crippen LogP contribution in [0.3, 0.4) is 0 Å². The van der Waals surface area contributed by atoms with E-state index in [1.807, 2.05) is 29.2 Å². The maximum atomic E-state index is 12.6. The quantitative estimate of drug-likeness (QED) is 0.541. The molecule has 2 amide bonds. The van der Waals surface area contributed by atoms with E-state index in [0.717, 1.165) is 25.1 Å². The molecular weight excluding hydrogens is 432 g/mol. The number of methoxy groups -OCH3 is 1. The maximum absolute atomic E-state index is 12.6. The normalized spacial score (nSPS) is 13.4. The van der Waals surface area contributed by atoms with E-state index in [1.165, 1.54) is 30.9 Å². The molecule has 3 rings (SSSR count). The highest BCUT2D eigenvalue weighted by Crippen LogP contribution is 2.26. The molecule has 0 atom stereocenters. The summed E-state index contributed by atoms with van der Waals surface area (Å²) in [7, 11) is -2.54. The highest BCUT2D eigenvalue weighted by Gasteiger charge is 2.23. The second kappa shape index (κ2) is 10.0. The molecule has 9 nitrogen and oxygen atoms in total. The minimum Gasteiger partial charge on any atom is -0.495 e. The van der Waals surface area contributed by atoms with E-state index >= 15 is 0 Å². The van der Waals surface area contributed by atoms with Gasteiger partial charge in [-0.2, -0.15) is 0 Å². The third-order valence-corrected chi connectivity index (χ3v) is 6.64. The molecule has 10 heteroatoms. The summed E-state index contributed by atoms with van der Waals surface area (Å²) in [4.78, 5) is 26.8. The van der Waals surface area contributed by atoms with Gasteiger partial charge in [-0.05, 0) is 56.5 Å². The Bertz CT molecular complexity index is 1100. The summed E-state index contributed by atoms with van der Waals surface area (Å²) in [6, 6.07) is 11.6. The van der Waals surface area contributed by atoms with Crippen LogP contribution in [0.15, 0.2) is 47.4 Å². The SMILES string of the molecule is COc1ccc(C(=O)NNC(=O)CN2CCCc3ccccc32)cc1S(=O)(=O)NC(C)C. The Morgan fingerprint density at radius 2 is 1.88 bits per heavy atom. The van der Waals surface area contributed by atoms with Gasteiger partial charge in [0.2, 0.25) is 10.0 Å². The zero-order chi connectivity index (χ0) is 23.3. The molecule has 0 saturated heterocycles. The lowest BCUT2D eigenvalue weighted by atomic mass is 10.0. The fraction of sp³-hybridized carbons (Fsp3) is 0.364. The number of nitrogens with one attached hydrogen (secondary N) is 3. The van der Waals surface area contributed by atoms with Gasteiger partial charge in [0.1, 0.15) is 10.6 Å². The van der Waals surface area contributed by atoms with Gasteiger partial charge in [-0.1, -0.05) is 18.2 Å². The summed E-state index contributed by atoms with van der Waals surface area (Å²) in [5, 5.41) is 0. The lowest BCUT2D eigenvalue weighted by Gasteiger charge is -2.30. The van der Waals surface area contributed by atoms with Crippen molar-refractivity contribution in [2.75, 3.05) is 25.1 Å². The summed E-state index contributed by atoms with van der Waals surface area (Å²) in [5.41, 5.74) is 7.03. The van der Waals surface area contributed by atoms with Crippen molar-refractivity contribution in [3.63, 3.8) is 0 Å². The van der Waals surface area contributed by atoms with Crippen molar-refractivity contribution in [1.82, 2.24) is 15.6 Å². The number of ether oxygens (including phenoxy) is 1. The van der Waals surface area contributed by atoms with Crippen molar-refractivity contribution in [3.05, 3.63) is 53.6 Å². The first-order valence-electron chi connectivity index (χ1n) is 10.3. The Morgan fingerprint density at radius 3 is 2.59 bits per heavy atom. The molecule has 0 fully saturated rings. The molecule has 0 saturated carbocycles. The largest absolute Gasteiger partial charge is 0.495 e. The number of fused-ring (bicyclic) bond motifs is 1. The first-order chi connectivity index (χ1) is 15.2. The molecule has 2 aromatic carbocycles. The topological polar surface area (TPSA) is 117 Å². The van der Waals surface area contributed by atoms with Crippen molar-refractivity contribution in [2.24, 2.45) is 0 Å². The third-order valence-electron chi connectivity index (χ3n) is 4.96. The van der Waals surface area contributed by atoms with E-state index in [0.29, 0.717) is 0 Å². The number of hydrogen-bond acceptors (Lipinski definition) is 6. The Kier molecular flexibility index (Phi) is 7.37. The number of para-hydroxylation sites is 1. The number of anilines is 1. The summed E-state index contributed by atoms with van der Waals surface area (Å²) in [6.45, 7) is 4.23. The molecule has 0 radical (unpaired) electrons. The van der Waals surface area contributed by atoms with Crippen LogP contribution in [-0.2, 0) is 21.2 Å². The number of benzene rings is 2. The first kappa shape index (κ1) is 23.6. The Hall–Kier alpha value is -3.11. The molecule has 172 valence electrons. The standard InChI is InChI=1S/C22H28N4O5S/c1-15(2)25-32(29,30)20-13-17(10-11-19(20)31-3)22(28)24-23-21(27)14-26-12-6-8-16-7-4-5-9-18(16)26/h4-5,7,9-11,13,15,25H,6,8,12,14H2,1-3H3,(H,23,27)(H,24,28). The van der Waals surface area contributed by atoms with Gasteiger partial charge in [0.05, 0.1) is 13.7 Å². The van der Waals surface area contributed by atoms with Crippen molar-refractivity contribution < 1.29 is 22.7 Å². The average molecular weight is 461 g/mol. The third kappa shape index (κ3) is 5.57. The fourth-order valence-electron chi connectivity index (χ4n) is 3.59. The molecular formula is C22H28N4O5S. The monoisotopic (exact) mass is 460 g/mol. The van der Waals surface area contributed by atoms with Crippen LogP contribution < -0.4 is 25.2 Å². The zero-order valence-electron chi connectivity index (χ0n) is 18.3. The number of hydrogen-bond donors (Lipinski definition) is 3. The average Bonchev–Trinajstić information content (AvgIpc) is 2.76. The van der Waals surface area contributed by atoms with Gasteiger partial charge in [-0.3, -0.25) is 20.4 Å². The molecule has 1 heterocycles. The van der Waals surface area contributed by atoms with Gasteiger partial charge in [0, 0.05) is 23.8 Å². The number of amides is 2. The predicted octanol–water partition coefficient (Wildman–Crippen LogP) is 1.60. The van der Waals surface area contributed by atoms with Gasteiger partial charge in [0.25, 0.3) is 11.8 Å². The summed E-state index contributed by atoms with van der Waals surface area (Å²) < 4.78 is 32.8. The summed E-state index contributed by atoms with van der Waals surface area (Å²) >= 11 is 0. The lowest BCUT2D eigenvalue weighted by molar-refractivity contribution is -0.120. The fourth-order valence-corrected chi connectivity index (χ4v) is 5.03. The second-order valence-electron chi connectivity index (χ2n) is 7.80. The molecule has 3 N–H and O–H groups in total. The lowest BCUT2D eigenvalue weighted by Crippen LogP contribution is -2.47. The minimum atomic E-state index is -3.89. The van der Waals surface area contributed by atoms with Crippen molar-refractivity contribution in [3.8, 4) is 5.75 Å². The molecule has 0 bridgehead atoms. The molecule has 0 aliphatic carbocycles. The van der Waals surface area contributed by atoms with Crippen LogP contribution in [0.1, 0.15) is 36.2 Å². The number of carbonyl (C=O) groups is 2. The molecule has 0 spiro atoms. The van der Waals surface area contributed by atoms with Gasteiger partial charge in [0.15, 0.2) is 0 Å². The first-order valence-corrected chi connectivity index (χ1v) is 11.8. The van der Waals surface area contributed by atoms with E-state index in [2.05, 4.69) is 15.6 Å². The minimum absolute atomic E-state index is 0.0681. The number of hydrazine groups is 1. The smallest absolute Gasteiger partial charge is 0.269 e. The van der Waals surface area contributed by atoms with Crippen LogP contribution in [0.2, 0.25) is 0 Å². The van der Waals surface area contributed by atoms with E-state index in [9.17, 15) is 18.0 Å². The van der Waals surface area contributed by atoms with Crippen molar-refractivity contribution in [2.45, 2.75) is 37.6 Å². The van der Waals surface area contributed by atoms with Crippen LogP contribution in [0.4, 0.5) is 5.69 Å². The van der Waals surface area contributed by atoms with E-state index in [1.54, 1.807) is 13.8 Å². The summed E-state index contributed by atoms with van der Waals surface area (Å²) in [5.74, 6) is -0.901. The number of nitrogens with zero attached hydrogens (tertiary/aromatic N) is 1. The van der Waals surface area contributed by atoms with Crippen LogP contribution >= 0.6 is 0 Å². The van der Waals surface area contributed by atoms with Gasteiger partial charge in [-0.15, -0.1) is 0 Å². The predicted molar refractivity (Wildman–Crippen MR) is 121 cm³/mol. The molecule has 0 aromatic heterocycles.